The zero-order valence-electron chi connectivity index (χ0n) is 13.0. The Labute approximate surface area is 143 Å². The second-order valence-corrected chi connectivity index (χ2v) is 5.74. The fraction of sp³-hybridized carbons (Fsp3) is 0.250. The molecule has 0 atom stereocenters. The first-order valence-corrected chi connectivity index (χ1v) is 8.06. The van der Waals surface area contributed by atoms with E-state index < -0.39 is 5.97 Å². The maximum Gasteiger partial charge on any atom is 0.213 e. The molecule has 1 aromatic heterocycles. The molecule has 2 aromatic rings. The highest BCUT2D eigenvalue weighted by Gasteiger charge is 2.08. The Morgan fingerprint density at radius 1 is 1.46 bits per heavy atom. The number of carbonyl (C=O) groups is 1. The quantitative estimate of drug-likeness (QED) is 0.571. The standard InChI is InChI=1S/C16H16N4O3S/c1-2-3-14-18-16(20-19-14)24-13(15(21)22)10-11-4-6-12(7-5-11)23-9-8-17/h4-7,10H,2-3,9H2,1H3,(H,21,22)(H,18,19,20)/p-1/b13-10-. The largest absolute Gasteiger partial charge is 0.544 e. The molecule has 1 N–H and O–H groups in total. The van der Waals surface area contributed by atoms with E-state index in [2.05, 4.69) is 15.2 Å². The molecule has 0 aliphatic heterocycles. The van der Waals surface area contributed by atoms with E-state index in [1.165, 1.54) is 6.08 Å². The van der Waals surface area contributed by atoms with Gasteiger partial charge in [-0.1, -0.05) is 19.1 Å². The summed E-state index contributed by atoms with van der Waals surface area (Å²) in [5.41, 5.74) is 0.662. The number of carboxylic acids is 1. The van der Waals surface area contributed by atoms with E-state index in [0.717, 1.165) is 30.4 Å². The number of carboxylic acid groups (broad SMARTS) is 1. The zero-order chi connectivity index (χ0) is 17.4. The van der Waals surface area contributed by atoms with Gasteiger partial charge in [0, 0.05) is 11.3 Å². The van der Waals surface area contributed by atoms with Crippen molar-refractivity contribution in [2.45, 2.75) is 24.9 Å². The highest BCUT2D eigenvalue weighted by atomic mass is 32.2. The topological polar surface area (TPSA) is 115 Å². The highest BCUT2D eigenvalue weighted by molar-refractivity contribution is 8.04. The third-order valence-corrected chi connectivity index (χ3v) is 3.75. The van der Waals surface area contributed by atoms with Crippen LogP contribution in [0.3, 0.4) is 0 Å². The summed E-state index contributed by atoms with van der Waals surface area (Å²) in [5.74, 6) is -0.0436. The van der Waals surface area contributed by atoms with Gasteiger partial charge in [0.15, 0.2) is 6.61 Å². The van der Waals surface area contributed by atoms with Crippen LogP contribution in [-0.2, 0) is 11.2 Å². The third kappa shape index (κ3) is 5.14. The molecule has 0 saturated heterocycles. The van der Waals surface area contributed by atoms with Crippen molar-refractivity contribution in [3.8, 4) is 11.8 Å². The second-order valence-electron chi connectivity index (χ2n) is 4.73. The monoisotopic (exact) mass is 343 g/mol. The predicted octanol–water partition coefficient (Wildman–Crippen LogP) is 1.54. The van der Waals surface area contributed by atoms with Gasteiger partial charge in [-0.25, -0.2) is 4.98 Å². The summed E-state index contributed by atoms with van der Waals surface area (Å²) >= 11 is 0.928. The van der Waals surface area contributed by atoms with Gasteiger partial charge in [-0.2, -0.15) is 5.26 Å². The van der Waals surface area contributed by atoms with Gasteiger partial charge in [-0.05, 0) is 42.0 Å². The van der Waals surface area contributed by atoms with E-state index in [-0.39, 0.29) is 11.5 Å². The number of rotatable bonds is 8. The lowest BCUT2D eigenvalue weighted by molar-refractivity contribution is -0.297. The highest BCUT2D eigenvalue weighted by Crippen LogP contribution is 2.25. The molecule has 0 radical (unpaired) electrons. The first-order chi connectivity index (χ1) is 11.6. The van der Waals surface area contributed by atoms with Gasteiger partial charge in [0.05, 0.1) is 5.97 Å². The molecule has 1 aromatic carbocycles. The molecule has 0 fully saturated rings. The normalized spacial score (nSPS) is 11.1. The summed E-state index contributed by atoms with van der Waals surface area (Å²) in [6.07, 6.45) is 3.15. The minimum atomic E-state index is -1.30. The third-order valence-electron chi connectivity index (χ3n) is 2.88. The first kappa shape index (κ1) is 17.6. The van der Waals surface area contributed by atoms with E-state index in [1.807, 2.05) is 13.0 Å². The lowest BCUT2D eigenvalue weighted by Gasteiger charge is -2.06. The van der Waals surface area contributed by atoms with Crippen LogP contribution in [0.25, 0.3) is 6.08 Å². The number of nitrogens with zero attached hydrogens (tertiary/aromatic N) is 3. The van der Waals surface area contributed by atoms with Crippen molar-refractivity contribution in [3.63, 3.8) is 0 Å². The molecule has 7 nitrogen and oxygen atoms in total. The molecular formula is C16H15N4O3S-. The predicted molar refractivity (Wildman–Crippen MR) is 86.8 cm³/mol. The number of carbonyl (C=O) groups excluding carboxylic acids is 1. The summed E-state index contributed by atoms with van der Waals surface area (Å²) in [5, 5.41) is 26.9. The van der Waals surface area contributed by atoms with Gasteiger partial charge < -0.3 is 14.6 Å². The molecule has 0 aliphatic carbocycles. The van der Waals surface area contributed by atoms with Crippen LogP contribution < -0.4 is 9.84 Å². The molecule has 0 amide bonds. The fourth-order valence-electron chi connectivity index (χ4n) is 1.83. The molecule has 8 heteroatoms. The van der Waals surface area contributed by atoms with Crippen molar-refractivity contribution >= 4 is 23.8 Å². The van der Waals surface area contributed by atoms with Gasteiger partial charge in [0.2, 0.25) is 5.16 Å². The number of aliphatic carboxylic acids is 1. The van der Waals surface area contributed by atoms with Crippen molar-refractivity contribution in [2.24, 2.45) is 0 Å². The van der Waals surface area contributed by atoms with E-state index in [1.54, 1.807) is 24.3 Å². The van der Waals surface area contributed by atoms with E-state index in [0.29, 0.717) is 16.5 Å². The molecule has 124 valence electrons. The summed E-state index contributed by atoms with van der Waals surface area (Å²) in [4.78, 5) is 15.6. The number of hydrogen-bond donors (Lipinski definition) is 1. The number of aromatic amines is 1. The molecule has 2 rings (SSSR count). The van der Waals surface area contributed by atoms with E-state index >= 15 is 0 Å². The molecule has 0 aliphatic rings. The fourth-order valence-corrected chi connectivity index (χ4v) is 2.55. The zero-order valence-corrected chi connectivity index (χ0v) is 13.8. The molecular weight excluding hydrogens is 328 g/mol. The molecule has 24 heavy (non-hydrogen) atoms. The maximum atomic E-state index is 11.3. The molecule has 1 heterocycles. The molecule has 0 spiro atoms. The van der Waals surface area contributed by atoms with Crippen LogP contribution in [0.1, 0.15) is 24.7 Å². The van der Waals surface area contributed by atoms with Crippen LogP contribution in [0.5, 0.6) is 5.75 Å². The van der Waals surface area contributed by atoms with Crippen molar-refractivity contribution in [3.05, 3.63) is 40.6 Å². The number of ether oxygens (including phenoxy) is 1. The van der Waals surface area contributed by atoms with Gasteiger partial charge >= 0.3 is 0 Å². The van der Waals surface area contributed by atoms with Crippen LogP contribution >= 0.6 is 11.8 Å². The molecule has 0 saturated carbocycles. The number of aryl methyl sites for hydroxylation is 1. The molecule has 0 bridgehead atoms. The SMILES string of the molecule is CCCc1nc(S/C(=C\c2ccc(OCC#N)cc2)C(=O)[O-])n[nH]1. The Morgan fingerprint density at radius 2 is 2.21 bits per heavy atom. The first-order valence-electron chi connectivity index (χ1n) is 7.24. The van der Waals surface area contributed by atoms with Crippen LogP contribution in [0, 0.1) is 11.3 Å². The summed E-state index contributed by atoms with van der Waals surface area (Å²) in [6, 6.07) is 8.58. The Bertz CT molecular complexity index is 762. The van der Waals surface area contributed by atoms with Crippen molar-refractivity contribution in [1.29, 1.82) is 5.26 Å². The number of H-pyrrole nitrogens is 1. The second kappa shape index (κ2) is 8.74. The Balaban J connectivity index is 2.12. The van der Waals surface area contributed by atoms with Gasteiger partial charge in [0.25, 0.3) is 0 Å². The van der Waals surface area contributed by atoms with E-state index in [4.69, 9.17) is 10.00 Å². The number of nitriles is 1. The number of thioether (sulfide) groups is 1. The number of hydrogen-bond acceptors (Lipinski definition) is 7. The minimum absolute atomic E-state index is 0.00254. The van der Waals surface area contributed by atoms with Crippen LogP contribution in [-0.4, -0.2) is 27.8 Å². The summed E-state index contributed by atoms with van der Waals surface area (Å²) < 4.78 is 5.14. The number of benzene rings is 1. The van der Waals surface area contributed by atoms with Gasteiger partial charge in [0.1, 0.15) is 17.6 Å². The Hall–Kier alpha value is -2.79. The van der Waals surface area contributed by atoms with Crippen molar-refractivity contribution < 1.29 is 14.6 Å². The Kier molecular flexibility index (Phi) is 6.40. The lowest BCUT2D eigenvalue weighted by atomic mass is 10.2. The van der Waals surface area contributed by atoms with Crippen molar-refractivity contribution in [1.82, 2.24) is 15.2 Å². The van der Waals surface area contributed by atoms with Gasteiger partial charge in [-0.3, -0.25) is 5.10 Å². The average molecular weight is 343 g/mol. The molecule has 0 unspecified atom stereocenters. The van der Waals surface area contributed by atoms with Crippen molar-refractivity contribution in [2.75, 3.05) is 6.61 Å². The average Bonchev–Trinajstić information content (AvgIpc) is 3.01. The smallest absolute Gasteiger partial charge is 0.213 e. The minimum Gasteiger partial charge on any atom is -0.544 e. The maximum absolute atomic E-state index is 11.3. The summed E-state index contributed by atoms with van der Waals surface area (Å²) in [7, 11) is 0. The van der Waals surface area contributed by atoms with Gasteiger partial charge in [-0.15, -0.1) is 5.10 Å². The number of nitrogens with one attached hydrogen (secondary N) is 1. The lowest BCUT2D eigenvalue weighted by Crippen LogP contribution is -2.23. The summed E-state index contributed by atoms with van der Waals surface area (Å²) in [6.45, 7) is 1.98. The van der Waals surface area contributed by atoms with Crippen LogP contribution in [0.4, 0.5) is 0 Å². The van der Waals surface area contributed by atoms with Crippen LogP contribution in [0.15, 0.2) is 34.3 Å². The van der Waals surface area contributed by atoms with Crippen LogP contribution in [0.2, 0.25) is 0 Å². The van der Waals surface area contributed by atoms with E-state index in [9.17, 15) is 9.90 Å². The number of aromatic nitrogens is 3. The Morgan fingerprint density at radius 3 is 2.83 bits per heavy atom.